The highest BCUT2D eigenvalue weighted by Crippen LogP contribution is 2.67. The van der Waals surface area contributed by atoms with Crippen LogP contribution in [-0.2, 0) is 14.9 Å². The lowest BCUT2D eigenvalue weighted by Gasteiger charge is -2.55. The second-order valence-electron chi connectivity index (χ2n) is 11.4. The van der Waals surface area contributed by atoms with Crippen LogP contribution in [0.1, 0.15) is 76.7 Å². The molecular weight excluding hydrogens is 517 g/mol. The molecule has 0 radical (unpaired) electrons. The van der Waals surface area contributed by atoms with Gasteiger partial charge in [0.1, 0.15) is 5.75 Å². The number of carbonyl (C=O) groups excluding carboxylic acids is 1. The summed E-state index contributed by atoms with van der Waals surface area (Å²) in [4.78, 5) is 12.2. The average Bonchev–Trinajstić information content (AvgIpc) is 3.12. The van der Waals surface area contributed by atoms with Crippen LogP contribution < -0.4 is 4.18 Å². The number of carbonyl (C=O) groups is 1. The summed E-state index contributed by atoms with van der Waals surface area (Å²) in [6.45, 7) is 4.11. The number of halogens is 3. The summed E-state index contributed by atoms with van der Waals surface area (Å²) in [6, 6.07) is 5.79. The number of benzene rings is 1. The van der Waals surface area contributed by atoms with Gasteiger partial charge in [0.25, 0.3) is 0 Å². The molecule has 0 aromatic heterocycles. The lowest BCUT2D eigenvalue weighted by atomic mass is 9.51. The molecule has 9 heteroatoms. The van der Waals surface area contributed by atoms with Crippen molar-refractivity contribution < 1.29 is 35.7 Å². The fraction of sp³-hybridized carbons (Fsp3) is 0.552. The molecule has 206 valence electrons. The summed E-state index contributed by atoms with van der Waals surface area (Å²) in [6.07, 6.45) is 11.4. The van der Waals surface area contributed by atoms with Crippen molar-refractivity contribution in [3.05, 3.63) is 64.8 Å². The zero-order chi connectivity index (χ0) is 27.5. The Morgan fingerprint density at radius 1 is 1.13 bits per heavy atom. The Morgan fingerprint density at radius 3 is 2.50 bits per heavy atom. The number of fused-ring (bicyclic) bond motifs is 4. The van der Waals surface area contributed by atoms with E-state index < -0.39 is 27.0 Å². The van der Waals surface area contributed by atoms with Crippen LogP contribution in [0.5, 0.6) is 5.75 Å². The van der Waals surface area contributed by atoms with Gasteiger partial charge in [-0.25, -0.2) is 0 Å². The summed E-state index contributed by atoms with van der Waals surface area (Å²) in [7, 11) is -5.76. The van der Waals surface area contributed by atoms with Gasteiger partial charge >= 0.3 is 15.6 Å². The first-order valence-electron chi connectivity index (χ1n) is 13.2. The standard InChI is InChI=1S/C29H33F3O5S/c1-3-4-14-28(34)15-13-25-23-11-7-19-16-20(33)8-12-22(19)26(23)24(17-27(25,28)2)18-5-9-21(10-6-18)37-38(35,36)29(30,31)32/h3-6,9-10,16,23-25,34H,7-8,11-15,17H2,1-2H3/b4-3+/t23-,24+,25-,27-,28-/m0/s1. The first kappa shape index (κ1) is 27.2. The second-order valence-corrected chi connectivity index (χ2v) is 12.9. The Labute approximate surface area is 221 Å². The van der Waals surface area contributed by atoms with E-state index in [1.165, 1.54) is 23.3 Å². The van der Waals surface area contributed by atoms with Gasteiger partial charge < -0.3 is 9.29 Å². The van der Waals surface area contributed by atoms with Crippen LogP contribution in [0.2, 0.25) is 0 Å². The highest BCUT2D eigenvalue weighted by atomic mass is 32.2. The number of hydrogen-bond donors (Lipinski definition) is 1. The Hall–Kier alpha value is -2.39. The van der Waals surface area contributed by atoms with Crippen LogP contribution in [0, 0.1) is 17.3 Å². The van der Waals surface area contributed by atoms with Crippen LogP contribution >= 0.6 is 0 Å². The predicted octanol–water partition coefficient (Wildman–Crippen LogP) is 6.51. The van der Waals surface area contributed by atoms with Crippen molar-refractivity contribution in [1.82, 2.24) is 0 Å². The molecule has 5 nitrogen and oxygen atoms in total. The fourth-order valence-electron chi connectivity index (χ4n) is 7.63. The van der Waals surface area contributed by atoms with E-state index in [0.29, 0.717) is 32.1 Å². The van der Waals surface area contributed by atoms with Crippen molar-refractivity contribution in [3.63, 3.8) is 0 Å². The second kappa shape index (κ2) is 9.37. The zero-order valence-corrected chi connectivity index (χ0v) is 22.4. The van der Waals surface area contributed by atoms with Crippen LogP contribution in [0.4, 0.5) is 13.2 Å². The van der Waals surface area contributed by atoms with Crippen LogP contribution in [-0.4, -0.2) is 30.4 Å². The van der Waals surface area contributed by atoms with E-state index in [0.717, 1.165) is 30.4 Å². The molecule has 0 amide bonds. The minimum absolute atomic E-state index is 0.114. The van der Waals surface area contributed by atoms with Gasteiger partial charge in [-0.3, -0.25) is 4.79 Å². The van der Waals surface area contributed by atoms with Crippen molar-refractivity contribution in [2.75, 3.05) is 0 Å². The molecule has 0 bridgehead atoms. The fourth-order valence-corrected chi connectivity index (χ4v) is 8.09. The maximum Gasteiger partial charge on any atom is 0.534 e. The minimum Gasteiger partial charge on any atom is -0.389 e. The molecule has 0 aliphatic heterocycles. The number of allylic oxidation sites excluding steroid dienone is 5. The third kappa shape index (κ3) is 4.35. The van der Waals surface area contributed by atoms with Gasteiger partial charge in [0.05, 0.1) is 5.60 Å². The lowest BCUT2D eigenvalue weighted by molar-refractivity contribution is -0.114. The molecule has 2 fully saturated rings. The lowest BCUT2D eigenvalue weighted by Crippen LogP contribution is -2.51. The summed E-state index contributed by atoms with van der Waals surface area (Å²) in [5.41, 5.74) is -2.34. The molecule has 0 saturated heterocycles. The van der Waals surface area contributed by atoms with Gasteiger partial charge in [-0.1, -0.05) is 36.8 Å². The van der Waals surface area contributed by atoms with Crippen molar-refractivity contribution in [3.8, 4) is 5.75 Å². The molecule has 2 saturated carbocycles. The highest BCUT2D eigenvalue weighted by Gasteiger charge is 2.62. The van der Waals surface area contributed by atoms with E-state index in [4.69, 9.17) is 0 Å². The maximum absolute atomic E-state index is 12.8. The van der Waals surface area contributed by atoms with Crippen LogP contribution in [0.25, 0.3) is 0 Å². The molecule has 5 atom stereocenters. The molecule has 38 heavy (non-hydrogen) atoms. The van der Waals surface area contributed by atoms with Crippen molar-refractivity contribution in [2.24, 2.45) is 17.3 Å². The predicted molar refractivity (Wildman–Crippen MR) is 137 cm³/mol. The van der Waals surface area contributed by atoms with Gasteiger partial charge in [-0.2, -0.15) is 21.6 Å². The molecule has 1 aromatic carbocycles. The molecular formula is C29H33F3O5S. The van der Waals surface area contributed by atoms with Crippen molar-refractivity contribution in [1.29, 1.82) is 0 Å². The molecule has 1 N–H and O–H groups in total. The van der Waals surface area contributed by atoms with Gasteiger partial charge in [0.15, 0.2) is 5.78 Å². The summed E-state index contributed by atoms with van der Waals surface area (Å²) < 4.78 is 65.7. The van der Waals surface area contributed by atoms with Crippen LogP contribution in [0.3, 0.4) is 0 Å². The van der Waals surface area contributed by atoms with Crippen molar-refractivity contribution in [2.45, 2.75) is 82.2 Å². The number of alkyl halides is 3. The number of aliphatic hydroxyl groups is 1. The minimum atomic E-state index is -5.76. The smallest absolute Gasteiger partial charge is 0.389 e. The maximum atomic E-state index is 12.8. The first-order valence-corrected chi connectivity index (χ1v) is 14.6. The zero-order valence-electron chi connectivity index (χ0n) is 21.6. The molecule has 0 spiro atoms. The molecule has 0 unspecified atom stereocenters. The monoisotopic (exact) mass is 550 g/mol. The average molecular weight is 551 g/mol. The summed E-state index contributed by atoms with van der Waals surface area (Å²) in [5.74, 6) is 0.138. The normalized spacial score (nSPS) is 33.6. The molecule has 4 aliphatic rings. The summed E-state index contributed by atoms with van der Waals surface area (Å²) >= 11 is 0. The third-order valence-corrected chi connectivity index (χ3v) is 10.5. The molecule has 5 rings (SSSR count). The highest BCUT2D eigenvalue weighted by molar-refractivity contribution is 7.88. The van der Waals surface area contributed by atoms with E-state index in [-0.39, 0.29) is 29.0 Å². The Morgan fingerprint density at radius 2 is 1.84 bits per heavy atom. The topological polar surface area (TPSA) is 80.7 Å². The molecule has 0 heterocycles. The van der Waals surface area contributed by atoms with E-state index in [2.05, 4.69) is 11.1 Å². The third-order valence-electron chi connectivity index (χ3n) is 9.52. The van der Waals surface area contributed by atoms with E-state index >= 15 is 0 Å². The SMILES string of the molecule is C/C=C/C[C@]1(O)CC[C@H]2[C@@H]3CCC4=CC(=O)CCC4=C3[C@@H](c3ccc(OS(=O)(=O)C(F)(F)F)cc3)C[C@@]21C. The number of ketones is 1. The number of rotatable bonds is 5. The Balaban J connectivity index is 1.58. The van der Waals surface area contributed by atoms with Gasteiger partial charge in [-0.15, -0.1) is 0 Å². The molecule has 1 aromatic rings. The first-order chi connectivity index (χ1) is 17.8. The van der Waals surface area contributed by atoms with Gasteiger partial charge in [-0.05, 0) is 98.6 Å². The van der Waals surface area contributed by atoms with E-state index in [9.17, 15) is 31.5 Å². The molecule has 4 aliphatic carbocycles. The van der Waals surface area contributed by atoms with E-state index in [1.807, 2.05) is 19.1 Å². The summed E-state index contributed by atoms with van der Waals surface area (Å²) in [5, 5.41) is 11.9. The largest absolute Gasteiger partial charge is 0.534 e. The van der Waals surface area contributed by atoms with Gasteiger partial charge in [0, 0.05) is 17.8 Å². The van der Waals surface area contributed by atoms with E-state index in [1.54, 1.807) is 18.2 Å². The van der Waals surface area contributed by atoms with Crippen LogP contribution in [0.15, 0.2) is 59.2 Å². The quantitative estimate of drug-likeness (QED) is 0.257. The Bertz CT molecular complexity index is 1320. The van der Waals surface area contributed by atoms with Gasteiger partial charge in [0.2, 0.25) is 0 Å². The number of hydrogen-bond acceptors (Lipinski definition) is 5. The van der Waals surface area contributed by atoms with Crippen molar-refractivity contribution >= 4 is 15.9 Å². The Kier molecular flexibility index (Phi) is 6.70.